The third-order valence-corrected chi connectivity index (χ3v) is 5.53. The molecule has 0 fully saturated rings. The fourth-order valence-electron chi connectivity index (χ4n) is 3.24. The summed E-state index contributed by atoms with van der Waals surface area (Å²) in [5, 5.41) is 9.75. The minimum absolute atomic E-state index is 0.0179. The van der Waals surface area contributed by atoms with Crippen molar-refractivity contribution >= 4 is 28.6 Å². The van der Waals surface area contributed by atoms with Gasteiger partial charge in [-0.1, -0.05) is 19.1 Å². The molecule has 1 amide bonds. The molecule has 0 aliphatic carbocycles. The highest BCUT2D eigenvalue weighted by Gasteiger charge is 2.18. The Kier molecular flexibility index (Phi) is 5.99. The molecule has 1 N–H and O–H groups in total. The zero-order valence-electron chi connectivity index (χ0n) is 17.6. The minimum Gasteiger partial charge on any atom is -0.482 e. The quantitative estimate of drug-likeness (QED) is 0.589. The summed E-state index contributed by atoms with van der Waals surface area (Å²) >= 11 is 1.50. The van der Waals surface area contributed by atoms with Gasteiger partial charge in [0, 0.05) is 17.0 Å². The van der Waals surface area contributed by atoms with Gasteiger partial charge in [-0.2, -0.15) is 5.10 Å². The fourth-order valence-corrected chi connectivity index (χ4v) is 4.21. The van der Waals surface area contributed by atoms with E-state index in [9.17, 15) is 9.18 Å². The fraction of sp³-hybridized carbons (Fsp3) is 0.261. The molecule has 0 atom stereocenters. The van der Waals surface area contributed by atoms with Crippen LogP contribution in [-0.2, 0) is 4.79 Å². The second-order valence-electron chi connectivity index (χ2n) is 7.39. The number of rotatable bonds is 5. The first-order valence-corrected chi connectivity index (χ1v) is 11.0. The van der Waals surface area contributed by atoms with Gasteiger partial charge in [-0.05, 0) is 56.2 Å². The van der Waals surface area contributed by atoms with Crippen LogP contribution < -0.4 is 14.9 Å². The Morgan fingerprint density at radius 3 is 2.74 bits per heavy atom. The van der Waals surface area contributed by atoms with Crippen LogP contribution in [0.3, 0.4) is 0 Å². The number of fused-ring (bicyclic) bond motifs is 1. The van der Waals surface area contributed by atoms with Gasteiger partial charge >= 0.3 is 0 Å². The highest BCUT2D eigenvalue weighted by molar-refractivity contribution is 7.07. The summed E-state index contributed by atoms with van der Waals surface area (Å²) in [5.74, 6) is 0.180. The molecule has 0 saturated heterocycles. The molecular formula is C23H23FN4O2S. The van der Waals surface area contributed by atoms with Gasteiger partial charge < -0.3 is 10.1 Å². The zero-order chi connectivity index (χ0) is 22.0. The van der Waals surface area contributed by atoms with Gasteiger partial charge in [-0.25, -0.2) is 9.07 Å². The number of carbonyl (C=O) groups excluding carboxylic acids is 1. The molecule has 31 heavy (non-hydrogen) atoms. The molecule has 2 aromatic carbocycles. The Bertz CT molecular complexity index is 1210. The average Bonchev–Trinajstić information content (AvgIpc) is 3.13. The highest BCUT2D eigenvalue weighted by atomic mass is 32.1. The van der Waals surface area contributed by atoms with E-state index >= 15 is 0 Å². The lowest BCUT2D eigenvalue weighted by atomic mass is 10.1. The van der Waals surface area contributed by atoms with Crippen LogP contribution in [-0.4, -0.2) is 28.9 Å². The maximum Gasteiger partial charge on any atom is 0.262 e. The average molecular weight is 439 g/mol. The topological polar surface area (TPSA) is 68.0 Å². The molecule has 1 aliphatic rings. The van der Waals surface area contributed by atoms with Gasteiger partial charge in [0.25, 0.3) is 5.91 Å². The molecule has 1 aromatic heterocycles. The van der Waals surface area contributed by atoms with Crippen LogP contribution in [0.25, 0.3) is 11.3 Å². The Morgan fingerprint density at radius 1 is 1.26 bits per heavy atom. The monoisotopic (exact) mass is 438 g/mol. The number of anilines is 1. The van der Waals surface area contributed by atoms with E-state index in [0.717, 1.165) is 27.3 Å². The standard InChI is InChI=1S/C23H23FN4O2S/c1-4-18(15-5-8-17(24)9-6-15)27-28-20(13-31-23(28)25-14(2)3)16-7-10-21-19(11-16)26-22(29)12-30-21/h5-11,13-14H,4,12H2,1-3H3,(H,26,29). The number of aromatic nitrogens is 1. The number of nitrogens with one attached hydrogen (secondary N) is 1. The summed E-state index contributed by atoms with van der Waals surface area (Å²) in [4.78, 5) is 17.2. The van der Waals surface area contributed by atoms with Gasteiger partial charge in [-0.3, -0.25) is 9.79 Å². The number of hydrogen-bond acceptors (Lipinski definition) is 5. The lowest BCUT2D eigenvalue weighted by molar-refractivity contribution is -0.118. The summed E-state index contributed by atoms with van der Waals surface area (Å²) in [6.07, 6.45) is 0.670. The van der Waals surface area contributed by atoms with Crippen LogP contribution in [0.5, 0.6) is 5.75 Å². The second-order valence-corrected chi connectivity index (χ2v) is 8.23. The van der Waals surface area contributed by atoms with E-state index in [0.29, 0.717) is 17.9 Å². The van der Waals surface area contributed by atoms with E-state index in [2.05, 4.69) is 5.32 Å². The molecule has 4 rings (SSSR count). The highest BCUT2D eigenvalue weighted by Crippen LogP contribution is 2.33. The third kappa shape index (κ3) is 4.59. The number of nitrogens with zero attached hydrogens (tertiary/aromatic N) is 3. The van der Waals surface area contributed by atoms with E-state index in [4.69, 9.17) is 14.8 Å². The van der Waals surface area contributed by atoms with Crippen LogP contribution >= 0.6 is 11.3 Å². The van der Waals surface area contributed by atoms with E-state index < -0.39 is 0 Å². The maximum absolute atomic E-state index is 13.4. The molecule has 6 nitrogen and oxygen atoms in total. The molecule has 160 valence electrons. The number of thiazole rings is 1. The molecule has 3 aromatic rings. The smallest absolute Gasteiger partial charge is 0.262 e. The normalized spacial score (nSPS) is 14.4. The van der Waals surface area contributed by atoms with Gasteiger partial charge in [0.15, 0.2) is 6.61 Å². The molecule has 8 heteroatoms. The number of amides is 1. The van der Waals surface area contributed by atoms with E-state index in [1.807, 2.05) is 49.0 Å². The van der Waals surface area contributed by atoms with Crippen LogP contribution in [0.2, 0.25) is 0 Å². The van der Waals surface area contributed by atoms with Crippen LogP contribution in [0.1, 0.15) is 32.8 Å². The van der Waals surface area contributed by atoms with Crippen molar-refractivity contribution in [3.8, 4) is 17.0 Å². The first-order chi connectivity index (χ1) is 14.9. The predicted molar refractivity (Wildman–Crippen MR) is 121 cm³/mol. The lowest BCUT2D eigenvalue weighted by Crippen LogP contribution is -2.25. The predicted octanol–water partition coefficient (Wildman–Crippen LogP) is 4.66. The number of halogens is 1. The minimum atomic E-state index is -0.281. The van der Waals surface area contributed by atoms with Gasteiger partial charge in [0.05, 0.1) is 17.1 Å². The van der Waals surface area contributed by atoms with Crippen molar-refractivity contribution in [1.82, 2.24) is 4.68 Å². The van der Waals surface area contributed by atoms with Crippen molar-refractivity contribution in [3.63, 3.8) is 0 Å². The second kappa shape index (κ2) is 8.85. The van der Waals surface area contributed by atoms with Crippen molar-refractivity contribution in [2.75, 3.05) is 11.9 Å². The Labute approximate surface area is 183 Å². The summed E-state index contributed by atoms with van der Waals surface area (Å²) in [6.45, 7) is 6.06. The van der Waals surface area contributed by atoms with Crippen molar-refractivity contribution in [2.45, 2.75) is 33.2 Å². The van der Waals surface area contributed by atoms with Crippen molar-refractivity contribution in [1.29, 1.82) is 0 Å². The molecule has 0 radical (unpaired) electrons. The van der Waals surface area contributed by atoms with E-state index in [1.165, 1.54) is 23.5 Å². The zero-order valence-corrected chi connectivity index (χ0v) is 18.4. The largest absolute Gasteiger partial charge is 0.482 e. The molecule has 0 saturated carbocycles. The first kappa shape index (κ1) is 21.0. The maximum atomic E-state index is 13.4. The SMILES string of the molecule is CCC(=Nn1c(-c2ccc3c(c2)NC(=O)CO3)csc1=NC(C)C)c1ccc(F)cc1. The van der Waals surface area contributed by atoms with Crippen molar-refractivity contribution in [2.24, 2.45) is 10.1 Å². The van der Waals surface area contributed by atoms with Gasteiger partial charge in [0.1, 0.15) is 11.6 Å². The van der Waals surface area contributed by atoms with E-state index in [1.54, 1.807) is 12.1 Å². The summed E-state index contributed by atoms with van der Waals surface area (Å²) in [7, 11) is 0. The van der Waals surface area contributed by atoms with Crippen LogP contribution in [0, 0.1) is 5.82 Å². The molecule has 0 unspecified atom stereocenters. The number of hydrogen-bond donors (Lipinski definition) is 1. The molecule has 0 bridgehead atoms. The summed E-state index contributed by atoms with van der Waals surface area (Å²) in [5.41, 5.74) is 4.03. The Balaban J connectivity index is 1.85. The van der Waals surface area contributed by atoms with Crippen LogP contribution in [0.4, 0.5) is 10.1 Å². The van der Waals surface area contributed by atoms with Crippen LogP contribution in [0.15, 0.2) is 57.9 Å². The van der Waals surface area contributed by atoms with E-state index in [-0.39, 0.29) is 24.4 Å². The van der Waals surface area contributed by atoms with Gasteiger partial charge in [-0.15, -0.1) is 11.3 Å². The molecule has 0 spiro atoms. The molecule has 2 heterocycles. The lowest BCUT2D eigenvalue weighted by Gasteiger charge is -2.18. The summed E-state index contributed by atoms with van der Waals surface area (Å²) in [6, 6.07) is 12.1. The van der Waals surface area contributed by atoms with Crippen molar-refractivity contribution < 1.29 is 13.9 Å². The Hall–Kier alpha value is -3.26. The summed E-state index contributed by atoms with van der Waals surface area (Å²) < 4.78 is 20.7. The Morgan fingerprint density at radius 2 is 2.03 bits per heavy atom. The molecule has 1 aliphatic heterocycles. The first-order valence-electron chi connectivity index (χ1n) is 10.1. The number of benzene rings is 2. The number of carbonyl (C=O) groups is 1. The number of ether oxygens (including phenoxy) is 1. The molecular weight excluding hydrogens is 415 g/mol. The van der Waals surface area contributed by atoms with Gasteiger partial charge in [0.2, 0.25) is 4.80 Å². The third-order valence-electron chi connectivity index (χ3n) is 4.70. The van der Waals surface area contributed by atoms with Crippen molar-refractivity contribution in [3.05, 3.63) is 64.0 Å².